The fraction of sp³-hybridized carbons (Fsp3) is 0.261. The number of hydrogen-bond acceptors (Lipinski definition) is 3. The van der Waals surface area contributed by atoms with Gasteiger partial charge >= 0.3 is 0 Å². The van der Waals surface area contributed by atoms with Gasteiger partial charge in [-0.2, -0.15) is 5.10 Å². The van der Waals surface area contributed by atoms with E-state index in [2.05, 4.69) is 24.3 Å². The van der Waals surface area contributed by atoms with Crippen molar-refractivity contribution >= 4 is 22.5 Å². The molecular formula is C23H24N4O2. The number of carbonyl (C=O) groups is 1. The van der Waals surface area contributed by atoms with Crippen LogP contribution in [0.25, 0.3) is 16.6 Å². The number of rotatable bonds is 5. The van der Waals surface area contributed by atoms with E-state index in [4.69, 9.17) is 0 Å². The Balaban J connectivity index is 1.78. The van der Waals surface area contributed by atoms with E-state index in [1.807, 2.05) is 61.5 Å². The molecule has 6 heteroatoms. The lowest BCUT2D eigenvalue weighted by molar-refractivity contribution is 0.0934. The molecule has 148 valence electrons. The molecule has 0 radical (unpaired) electrons. The third-order valence-electron chi connectivity index (χ3n) is 5.00. The van der Waals surface area contributed by atoms with Gasteiger partial charge in [-0.1, -0.05) is 56.3 Å². The first-order valence-corrected chi connectivity index (χ1v) is 9.83. The summed E-state index contributed by atoms with van der Waals surface area (Å²) in [6.07, 6.45) is 0. The highest BCUT2D eigenvalue weighted by Gasteiger charge is 2.19. The molecule has 1 atom stereocenters. The van der Waals surface area contributed by atoms with Gasteiger partial charge in [-0.05, 0) is 30.5 Å². The van der Waals surface area contributed by atoms with Crippen molar-refractivity contribution in [2.45, 2.75) is 33.4 Å². The summed E-state index contributed by atoms with van der Waals surface area (Å²) in [6.45, 7) is 6.68. The summed E-state index contributed by atoms with van der Waals surface area (Å²) >= 11 is 0. The number of carbonyl (C=O) groups excluding carboxylic acids is 1. The number of amides is 1. The first kappa shape index (κ1) is 18.9. The van der Waals surface area contributed by atoms with Crippen LogP contribution < -0.4 is 10.9 Å². The Morgan fingerprint density at radius 1 is 0.966 bits per heavy atom. The number of benzene rings is 2. The monoisotopic (exact) mass is 388 g/mol. The van der Waals surface area contributed by atoms with Crippen molar-refractivity contribution in [1.29, 1.82) is 0 Å². The standard InChI is InChI=1S/C23H24N4O2/c1-15(2)14-26-19-11-7-8-12-20(19)27-21(23(26)29)13-18(25-27)22(28)24-16(3)17-9-5-4-6-10-17/h4-13,15-16H,14H2,1-3H3,(H,24,28)/t16-/m0/s1. The van der Waals surface area contributed by atoms with Crippen LogP contribution in [0.3, 0.4) is 0 Å². The molecule has 0 spiro atoms. The highest BCUT2D eigenvalue weighted by Crippen LogP contribution is 2.17. The van der Waals surface area contributed by atoms with Gasteiger partial charge in [0.05, 0.1) is 17.1 Å². The highest BCUT2D eigenvalue weighted by molar-refractivity contribution is 5.94. The largest absolute Gasteiger partial charge is 0.344 e. The van der Waals surface area contributed by atoms with Crippen molar-refractivity contribution in [3.63, 3.8) is 0 Å². The molecule has 6 nitrogen and oxygen atoms in total. The number of aromatic nitrogens is 3. The zero-order valence-corrected chi connectivity index (χ0v) is 16.8. The van der Waals surface area contributed by atoms with E-state index in [-0.39, 0.29) is 23.2 Å². The molecule has 0 saturated carbocycles. The number of para-hydroxylation sites is 2. The van der Waals surface area contributed by atoms with Crippen LogP contribution in [-0.4, -0.2) is 20.1 Å². The molecule has 0 fully saturated rings. The zero-order chi connectivity index (χ0) is 20.5. The molecule has 0 aliphatic rings. The average Bonchev–Trinajstić information content (AvgIpc) is 3.17. The lowest BCUT2D eigenvalue weighted by Crippen LogP contribution is -2.27. The van der Waals surface area contributed by atoms with Crippen LogP contribution in [0.1, 0.15) is 42.9 Å². The van der Waals surface area contributed by atoms with Crippen molar-refractivity contribution in [2.75, 3.05) is 0 Å². The maximum atomic E-state index is 13.1. The van der Waals surface area contributed by atoms with E-state index < -0.39 is 0 Å². The van der Waals surface area contributed by atoms with Crippen LogP contribution in [-0.2, 0) is 6.54 Å². The number of nitrogens with zero attached hydrogens (tertiary/aromatic N) is 3. The summed E-state index contributed by atoms with van der Waals surface area (Å²) in [5.74, 6) is 0.0138. The summed E-state index contributed by atoms with van der Waals surface area (Å²) in [7, 11) is 0. The molecule has 29 heavy (non-hydrogen) atoms. The van der Waals surface area contributed by atoms with Crippen LogP contribution in [0.4, 0.5) is 0 Å². The van der Waals surface area contributed by atoms with Crippen LogP contribution in [0, 0.1) is 5.92 Å². The van der Waals surface area contributed by atoms with Crippen molar-refractivity contribution in [3.8, 4) is 0 Å². The quantitative estimate of drug-likeness (QED) is 0.565. The Bertz CT molecular complexity index is 1240. The van der Waals surface area contributed by atoms with E-state index in [1.54, 1.807) is 15.1 Å². The van der Waals surface area contributed by atoms with E-state index in [9.17, 15) is 9.59 Å². The summed E-state index contributed by atoms with van der Waals surface area (Å²) in [5.41, 5.74) is 3.12. The molecule has 0 aliphatic heterocycles. The second kappa shape index (κ2) is 7.54. The molecule has 4 rings (SSSR count). The van der Waals surface area contributed by atoms with E-state index in [0.717, 1.165) is 16.6 Å². The topological polar surface area (TPSA) is 68.4 Å². The Morgan fingerprint density at radius 2 is 1.62 bits per heavy atom. The second-order valence-corrected chi connectivity index (χ2v) is 7.73. The van der Waals surface area contributed by atoms with E-state index in [1.165, 1.54) is 0 Å². The van der Waals surface area contributed by atoms with Gasteiger partial charge in [0, 0.05) is 12.6 Å². The maximum Gasteiger partial charge on any atom is 0.277 e. The Labute approximate surface area is 168 Å². The van der Waals surface area contributed by atoms with Gasteiger partial charge in [-0.3, -0.25) is 9.59 Å². The third kappa shape index (κ3) is 3.53. The van der Waals surface area contributed by atoms with Gasteiger partial charge < -0.3 is 9.88 Å². The molecule has 4 aromatic rings. The molecule has 2 heterocycles. The van der Waals surface area contributed by atoms with E-state index >= 15 is 0 Å². The molecular weight excluding hydrogens is 364 g/mol. The smallest absolute Gasteiger partial charge is 0.277 e. The van der Waals surface area contributed by atoms with Crippen LogP contribution in [0.15, 0.2) is 65.5 Å². The fourth-order valence-corrected chi connectivity index (χ4v) is 3.59. The predicted octanol–water partition coefficient (Wildman–Crippen LogP) is 3.80. The molecule has 2 aromatic carbocycles. The van der Waals surface area contributed by atoms with Crippen LogP contribution >= 0.6 is 0 Å². The minimum atomic E-state index is -0.302. The Hall–Kier alpha value is -3.41. The molecule has 0 unspecified atom stereocenters. The van der Waals surface area contributed by atoms with Crippen molar-refractivity contribution in [1.82, 2.24) is 19.5 Å². The fourth-order valence-electron chi connectivity index (χ4n) is 3.59. The molecule has 0 saturated heterocycles. The number of fused-ring (bicyclic) bond motifs is 3. The van der Waals surface area contributed by atoms with Gasteiger partial charge in [0.1, 0.15) is 5.52 Å². The molecule has 0 bridgehead atoms. The van der Waals surface area contributed by atoms with Crippen molar-refractivity contribution < 1.29 is 4.79 Å². The predicted molar refractivity (Wildman–Crippen MR) is 114 cm³/mol. The van der Waals surface area contributed by atoms with Gasteiger partial charge in [0.25, 0.3) is 11.5 Å². The normalized spacial score (nSPS) is 12.6. The lowest BCUT2D eigenvalue weighted by Gasteiger charge is -2.13. The third-order valence-corrected chi connectivity index (χ3v) is 5.00. The van der Waals surface area contributed by atoms with Crippen molar-refractivity contribution in [2.24, 2.45) is 5.92 Å². The summed E-state index contributed by atoms with van der Waals surface area (Å²) in [6, 6.07) is 18.8. The minimum absolute atomic E-state index is 0.139. The van der Waals surface area contributed by atoms with Gasteiger partial charge in [-0.25, -0.2) is 4.52 Å². The minimum Gasteiger partial charge on any atom is -0.344 e. The first-order valence-electron chi connectivity index (χ1n) is 9.83. The molecule has 1 N–H and O–H groups in total. The molecule has 0 aliphatic carbocycles. The Morgan fingerprint density at radius 3 is 2.31 bits per heavy atom. The summed E-state index contributed by atoms with van der Waals surface area (Å²) < 4.78 is 3.35. The van der Waals surface area contributed by atoms with Gasteiger partial charge in [-0.15, -0.1) is 0 Å². The Kier molecular flexibility index (Phi) is 4.92. The summed E-state index contributed by atoms with van der Waals surface area (Å²) in [5, 5.41) is 7.42. The second-order valence-electron chi connectivity index (χ2n) is 7.73. The molecule has 1 amide bonds. The average molecular weight is 388 g/mol. The molecule has 2 aromatic heterocycles. The van der Waals surface area contributed by atoms with Crippen LogP contribution in [0.5, 0.6) is 0 Å². The van der Waals surface area contributed by atoms with E-state index in [0.29, 0.717) is 18.0 Å². The summed E-state index contributed by atoms with van der Waals surface area (Å²) in [4.78, 5) is 25.9. The first-order chi connectivity index (χ1) is 14.0. The SMILES string of the molecule is CC(C)Cn1c(=O)c2cc(C(=O)N[C@@H](C)c3ccccc3)nn2c2ccccc21. The number of hydrogen-bond donors (Lipinski definition) is 1. The zero-order valence-electron chi connectivity index (χ0n) is 16.8. The van der Waals surface area contributed by atoms with Gasteiger partial charge in [0.2, 0.25) is 0 Å². The lowest BCUT2D eigenvalue weighted by atomic mass is 10.1. The van der Waals surface area contributed by atoms with Crippen molar-refractivity contribution in [3.05, 3.63) is 82.3 Å². The highest BCUT2D eigenvalue weighted by atomic mass is 16.2. The number of nitrogens with one attached hydrogen (secondary N) is 1. The maximum absolute atomic E-state index is 13.1. The van der Waals surface area contributed by atoms with Gasteiger partial charge in [0.15, 0.2) is 5.69 Å². The van der Waals surface area contributed by atoms with Crippen LogP contribution in [0.2, 0.25) is 0 Å².